The second-order valence-corrected chi connectivity index (χ2v) is 5.21. The third-order valence-electron chi connectivity index (χ3n) is 3.64. The average Bonchev–Trinajstić information content (AvgIpc) is 2.48. The number of benzene rings is 2. The number of ether oxygens (including phenoxy) is 1. The summed E-state index contributed by atoms with van der Waals surface area (Å²) in [6.45, 7) is 6.58. The Labute approximate surface area is 126 Å². The maximum absolute atomic E-state index is 14.5. The van der Waals surface area contributed by atoms with Crippen molar-refractivity contribution in [2.45, 2.75) is 26.8 Å². The monoisotopic (exact) mass is 287 g/mol. The summed E-state index contributed by atoms with van der Waals surface area (Å²) in [6.07, 6.45) is 0. The molecule has 0 aliphatic carbocycles. The summed E-state index contributed by atoms with van der Waals surface area (Å²) in [5.74, 6) is 0.611. The minimum atomic E-state index is -0.218. The minimum absolute atomic E-state index is 0.160. The van der Waals surface area contributed by atoms with Gasteiger partial charge in [-0.2, -0.15) is 0 Å². The van der Waals surface area contributed by atoms with Crippen LogP contribution in [0, 0.1) is 19.7 Å². The maximum Gasteiger partial charge on any atom is 0.131 e. The van der Waals surface area contributed by atoms with Crippen LogP contribution in [-0.2, 0) is 0 Å². The number of hydrogen-bond donors (Lipinski definition) is 1. The van der Waals surface area contributed by atoms with E-state index in [2.05, 4.69) is 5.32 Å². The molecule has 3 heteroatoms. The van der Waals surface area contributed by atoms with Gasteiger partial charge in [0.2, 0.25) is 0 Å². The molecule has 0 aromatic heterocycles. The van der Waals surface area contributed by atoms with Crippen LogP contribution in [0.3, 0.4) is 0 Å². The lowest BCUT2D eigenvalue weighted by molar-refractivity contribution is 0.403. The number of hydrogen-bond acceptors (Lipinski definition) is 2. The zero-order valence-corrected chi connectivity index (χ0v) is 13.0. The fourth-order valence-corrected chi connectivity index (χ4v) is 2.56. The highest BCUT2D eigenvalue weighted by Gasteiger charge is 2.21. The molecule has 0 spiro atoms. The number of halogens is 1. The van der Waals surface area contributed by atoms with Crippen LogP contribution in [0.25, 0.3) is 0 Å². The third-order valence-corrected chi connectivity index (χ3v) is 3.64. The Morgan fingerprint density at radius 3 is 2.57 bits per heavy atom. The van der Waals surface area contributed by atoms with Gasteiger partial charge in [0.15, 0.2) is 0 Å². The van der Waals surface area contributed by atoms with Gasteiger partial charge in [0.25, 0.3) is 0 Å². The van der Waals surface area contributed by atoms with E-state index in [0.29, 0.717) is 11.1 Å². The lowest BCUT2D eigenvalue weighted by atomic mass is 9.94. The predicted octanol–water partition coefficient (Wildman–Crippen LogP) is 4.15. The van der Waals surface area contributed by atoms with E-state index < -0.39 is 0 Å². The van der Waals surface area contributed by atoms with Crippen molar-refractivity contribution in [1.29, 1.82) is 0 Å². The molecule has 21 heavy (non-hydrogen) atoms. The molecule has 0 radical (unpaired) electrons. The second-order valence-electron chi connectivity index (χ2n) is 5.21. The molecule has 1 N–H and O–H groups in total. The molecule has 0 heterocycles. The van der Waals surface area contributed by atoms with Crippen LogP contribution in [-0.4, -0.2) is 13.7 Å². The van der Waals surface area contributed by atoms with Crippen LogP contribution >= 0.6 is 0 Å². The molecule has 2 aromatic rings. The molecule has 0 fully saturated rings. The zero-order chi connectivity index (χ0) is 15.4. The van der Waals surface area contributed by atoms with Crippen molar-refractivity contribution in [1.82, 2.24) is 5.32 Å². The van der Waals surface area contributed by atoms with Crippen molar-refractivity contribution in [2.75, 3.05) is 13.7 Å². The molecule has 0 saturated carbocycles. The van der Waals surface area contributed by atoms with E-state index in [9.17, 15) is 4.39 Å². The molecule has 0 bridgehead atoms. The van der Waals surface area contributed by atoms with Gasteiger partial charge in [0, 0.05) is 11.1 Å². The van der Waals surface area contributed by atoms with E-state index >= 15 is 0 Å². The fraction of sp³-hybridized carbons (Fsp3) is 0.333. The number of aryl methyl sites for hydroxylation is 2. The number of nitrogens with one attached hydrogen (secondary N) is 1. The summed E-state index contributed by atoms with van der Waals surface area (Å²) in [7, 11) is 1.64. The first-order valence-electron chi connectivity index (χ1n) is 7.21. The normalized spacial score (nSPS) is 12.2. The summed E-state index contributed by atoms with van der Waals surface area (Å²) in [5, 5.41) is 3.37. The molecule has 1 unspecified atom stereocenters. The maximum atomic E-state index is 14.5. The first kappa shape index (κ1) is 15.5. The molecule has 112 valence electrons. The van der Waals surface area contributed by atoms with Gasteiger partial charge in [-0.05, 0) is 32.0 Å². The standard InChI is InChI=1S/C18H22FNO/c1-5-20-18(14-8-6-7-13(3)17(14)19)15-11-12(2)9-10-16(15)21-4/h6-11,18,20H,5H2,1-4H3. The van der Waals surface area contributed by atoms with Crippen molar-refractivity contribution >= 4 is 0 Å². The highest BCUT2D eigenvalue weighted by molar-refractivity contribution is 5.45. The molecule has 0 aliphatic heterocycles. The zero-order valence-electron chi connectivity index (χ0n) is 13.0. The van der Waals surface area contributed by atoms with E-state index in [0.717, 1.165) is 23.4 Å². The van der Waals surface area contributed by atoms with E-state index in [1.807, 2.05) is 44.2 Å². The second kappa shape index (κ2) is 6.72. The van der Waals surface area contributed by atoms with Crippen LogP contribution in [0.2, 0.25) is 0 Å². The summed E-state index contributed by atoms with van der Waals surface area (Å²) < 4.78 is 20.0. The van der Waals surface area contributed by atoms with Gasteiger partial charge in [-0.3, -0.25) is 0 Å². The molecular weight excluding hydrogens is 265 g/mol. The largest absolute Gasteiger partial charge is 0.496 e. The first-order valence-corrected chi connectivity index (χ1v) is 7.21. The topological polar surface area (TPSA) is 21.3 Å². The quantitative estimate of drug-likeness (QED) is 0.892. The van der Waals surface area contributed by atoms with Crippen LogP contribution in [0.5, 0.6) is 5.75 Å². The van der Waals surface area contributed by atoms with Gasteiger partial charge in [0.05, 0.1) is 13.2 Å². The van der Waals surface area contributed by atoms with E-state index in [1.165, 1.54) is 0 Å². The average molecular weight is 287 g/mol. The fourth-order valence-electron chi connectivity index (χ4n) is 2.56. The third kappa shape index (κ3) is 3.24. The molecular formula is C18H22FNO. The van der Waals surface area contributed by atoms with Gasteiger partial charge in [-0.1, -0.05) is 42.8 Å². The lowest BCUT2D eigenvalue weighted by Gasteiger charge is -2.22. The van der Waals surface area contributed by atoms with Crippen LogP contribution < -0.4 is 10.1 Å². The molecule has 0 saturated heterocycles. The van der Waals surface area contributed by atoms with Crippen molar-refractivity contribution in [3.05, 3.63) is 64.5 Å². The Bertz CT molecular complexity index is 625. The molecule has 0 aliphatic rings. The SMILES string of the molecule is CCNC(c1cc(C)ccc1OC)c1cccc(C)c1F. The van der Waals surface area contributed by atoms with Crippen molar-refractivity contribution < 1.29 is 9.13 Å². The lowest BCUT2D eigenvalue weighted by Crippen LogP contribution is -2.24. The highest BCUT2D eigenvalue weighted by Crippen LogP contribution is 2.32. The Kier molecular flexibility index (Phi) is 4.97. The molecule has 2 nitrogen and oxygen atoms in total. The van der Waals surface area contributed by atoms with Crippen molar-refractivity contribution in [2.24, 2.45) is 0 Å². The summed E-state index contributed by atoms with van der Waals surface area (Å²) in [5.41, 5.74) is 3.40. The number of rotatable bonds is 5. The van der Waals surface area contributed by atoms with Gasteiger partial charge in [0.1, 0.15) is 11.6 Å². The summed E-state index contributed by atoms with van der Waals surface area (Å²) in [4.78, 5) is 0. The number of methoxy groups -OCH3 is 1. The molecule has 0 amide bonds. The van der Waals surface area contributed by atoms with Crippen LogP contribution in [0.4, 0.5) is 4.39 Å². The Balaban J connectivity index is 2.58. The van der Waals surface area contributed by atoms with E-state index in [4.69, 9.17) is 4.74 Å². The van der Waals surface area contributed by atoms with Gasteiger partial charge in [-0.15, -0.1) is 0 Å². The van der Waals surface area contributed by atoms with Gasteiger partial charge < -0.3 is 10.1 Å². The van der Waals surface area contributed by atoms with Gasteiger partial charge in [-0.25, -0.2) is 4.39 Å². The first-order chi connectivity index (χ1) is 10.1. The highest BCUT2D eigenvalue weighted by atomic mass is 19.1. The van der Waals surface area contributed by atoms with Gasteiger partial charge >= 0.3 is 0 Å². The van der Waals surface area contributed by atoms with Crippen LogP contribution in [0.15, 0.2) is 36.4 Å². The summed E-state index contributed by atoms with van der Waals surface area (Å²) >= 11 is 0. The van der Waals surface area contributed by atoms with E-state index in [1.54, 1.807) is 20.1 Å². The van der Waals surface area contributed by atoms with Crippen molar-refractivity contribution in [3.8, 4) is 5.75 Å². The Hall–Kier alpha value is -1.87. The Morgan fingerprint density at radius 1 is 1.14 bits per heavy atom. The molecule has 2 rings (SSSR count). The predicted molar refractivity (Wildman–Crippen MR) is 84.4 cm³/mol. The van der Waals surface area contributed by atoms with E-state index in [-0.39, 0.29) is 11.9 Å². The van der Waals surface area contributed by atoms with Crippen molar-refractivity contribution in [3.63, 3.8) is 0 Å². The molecule has 1 atom stereocenters. The minimum Gasteiger partial charge on any atom is -0.496 e. The summed E-state index contributed by atoms with van der Waals surface area (Å²) in [6, 6.07) is 11.3. The Morgan fingerprint density at radius 2 is 1.90 bits per heavy atom. The van der Waals surface area contributed by atoms with Crippen LogP contribution in [0.1, 0.15) is 35.2 Å². The molecule has 2 aromatic carbocycles. The smallest absolute Gasteiger partial charge is 0.131 e.